The van der Waals surface area contributed by atoms with Crippen molar-refractivity contribution >= 4 is 11.6 Å². The number of morpholine rings is 1. The standard InChI is InChI=1S/C22H23ClN2O/c23-20-8-4-7-19(13-20)21-10-9-17(14-24-21)15-25-11-12-26-22(16-25)18-5-2-1-3-6-18/h1-5,7-10,13-14,18,22H,6,11-12,15-16H2/t18?,22-/m1/s1. The van der Waals surface area contributed by atoms with E-state index in [1.807, 2.05) is 30.5 Å². The van der Waals surface area contributed by atoms with Gasteiger partial charge >= 0.3 is 0 Å². The Hall–Kier alpha value is -1.94. The number of allylic oxidation sites excluding steroid dienone is 3. The lowest BCUT2D eigenvalue weighted by Gasteiger charge is -2.36. The number of halogens is 1. The maximum Gasteiger partial charge on any atom is 0.0768 e. The molecule has 1 unspecified atom stereocenters. The van der Waals surface area contributed by atoms with E-state index in [9.17, 15) is 0 Å². The summed E-state index contributed by atoms with van der Waals surface area (Å²) in [6, 6.07) is 12.1. The van der Waals surface area contributed by atoms with Gasteiger partial charge in [0.25, 0.3) is 0 Å². The van der Waals surface area contributed by atoms with Gasteiger partial charge in [-0.1, -0.05) is 54.1 Å². The van der Waals surface area contributed by atoms with E-state index in [0.717, 1.165) is 48.9 Å². The Morgan fingerprint density at radius 2 is 2.15 bits per heavy atom. The van der Waals surface area contributed by atoms with Crippen LogP contribution in [0.5, 0.6) is 0 Å². The number of pyridine rings is 1. The van der Waals surface area contributed by atoms with Crippen molar-refractivity contribution in [2.45, 2.75) is 19.1 Å². The third kappa shape index (κ3) is 4.24. The van der Waals surface area contributed by atoms with Crippen molar-refractivity contribution in [3.8, 4) is 11.3 Å². The number of aromatic nitrogens is 1. The van der Waals surface area contributed by atoms with Gasteiger partial charge in [-0.3, -0.25) is 9.88 Å². The van der Waals surface area contributed by atoms with Gasteiger partial charge in [0.15, 0.2) is 0 Å². The summed E-state index contributed by atoms with van der Waals surface area (Å²) in [5.74, 6) is 0.492. The molecule has 1 aromatic carbocycles. The minimum absolute atomic E-state index is 0.281. The summed E-state index contributed by atoms with van der Waals surface area (Å²) in [4.78, 5) is 7.10. The predicted octanol–water partition coefficient (Wildman–Crippen LogP) is 4.74. The highest BCUT2D eigenvalue weighted by Gasteiger charge is 2.26. The fourth-order valence-corrected chi connectivity index (χ4v) is 3.79. The van der Waals surface area contributed by atoms with E-state index in [1.54, 1.807) is 0 Å². The molecule has 4 rings (SSSR count). The van der Waals surface area contributed by atoms with Crippen LogP contribution in [0.3, 0.4) is 0 Å². The molecule has 2 aromatic rings. The molecular weight excluding hydrogens is 344 g/mol. The molecule has 2 heterocycles. The molecule has 0 amide bonds. The Kier molecular flexibility index (Phi) is 5.49. The average Bonchev–Trinajstić information content (AvgIpc) is 2.69. The zero-order valence-electron chi connectivity index (χ0n) is 14.7. The van der Waals surface area contributed by atoms with Gasteiger partial charge in [-0.05, 0) is 30.2 Å². The fourth-order valence-electron chi connectivity index (χ4n) is 3.60. The van der Waals surface area contributed by atoms with Gasteiger partial charge in [-0.15, -0.1) is 0 Å². The van der Waals surface area contributed by atoms with E-state index < -0.39 is 0 Å². The van der Waals surface area contributed by atoms with Crippen LogP contribution in [0.1, 0.15) is 12.0 Å². The summed E-state index contributed by atoms with van der Waals surface area (Å²) < 4.78 is 6.02. The Balaban J connectivity index is 1.39. The first-order valence-corrected chi connectivity index (χ1v) is 9.54. The lowest BCUT2D eigenvalue weighted by molar-refractivity contribution is -0.0504. The lowest BCUT2D eigenvalue weighted by Crippen LogP contribution is -2.45. The molecule has 1 aliphatic heterocycles. The first-order chi connectivity index (χ1) is 12.8. The van der Waals surface area contributed by atoms with Gasteiger partial charge in [-0.2, -0.15) is 0 Å². The number of hydrogen-bond acceptors (Lipinski definition) is 3. The summed E-state index contributed by atoms with van der Waals surface area (Å²) in [5, 5.41) is 0.736. The van der Waals surface area contributed by atoms with Crippen LogP contribution in [0.2, 0.25) is 5.02 Å². The number of benzene rings is 1. The Morgan fingerprint density at radius 1 is 1.19 bits per heavy atom. The van der Waals surface area contributed by atoms with Crippen LogP contribution in [0, 0.1) is 5.92 Å². The molecule has 1 fully saturated rings. The van der Waals surface area contributed by atoms with E-state index in [2.05, 4.69) is 46.3 Å². The quantitative estimate of drug-likeness (QED) is 0.781. The van der Waals surface area contributed by atoms with Crippen LogP contribution >= 0.6 is 11.6 Å². The molecule has 26 heavy (non-hydrogen) atoms. The Bertz CT molecular complexity index is 800. The van der Waals surface area contributed by atoms with Crippen LogP contribution in [0.4, 0.5) is 0 Å². The maximum absolute atomic E-state index is 6.08. The van der Waals surface area contributed by atoms with Gasteiger partial charge in [0.2, 0.25) is 0 Å². The molecule has 1 aromatic heterocycles. The summed E-state index contributed by atoms with van der Waals surface area (Å²) >= 11 is 6.08. The number of nitrogens with zero attached hydrogens (tertiary/aromatic N) is 2. The normalized spacial score (nSPS) is 23.3. The van der Waals surface area contributed by atoms with Crippen LogP contribution < -0.4 is 0 Å². The SMILES string of the molecule is Clc1cccc(-c2ccc(CN3CCO[C@@H](C4C=CC=CC4)C3)cn2)c1. The minimum Gasteiger partial charge on any atom is -0.375 e. The van der Waals surface area contributed by atoms with Crippen molar-refractivity contribution < 1.29 is 4.74 Å². The van der Waals surface area contributed by atoms with E-state index in [0.29, 0.717) is 5.92 Å². The van der Waals surface area contributed by atoms with E-state index >= 15 is 0 Å². The summed E-state index contributed by atoms with van der Waals surface area (Å²) in [7, 11) is 0. The third-order valence-corrected chi connectivity index (χ3v) is 5.26. The monoisotopic (exact) mass is 366 g/mol. The van der Waals surface area contributed by atoms with E-state index in [4.69, 9.17) is 16.3 Å². The summed E-state index contributed by atoms with van der Waals surface area (Å²) in [6.07, 6.45) is 12.1. The largest absolute Gasteiger partial charge is 0.375 e. The third-order valence-electron chi connectivity index (χ3n) is 5.02. The van der Waals surface area contributed by atoms with Crippen LogP contribution in [-0.4, -0.2) is 35.7 Å². The van der Waals surface area contributed by atoms with Crippen molar-refractivity contribution in [3.63, 3.8) is 0 Å². The molecule has 2 atom stereocenters. The minimum atomic E-state index is 0.281. The highest BCUT2D eigenvalue weighted by atomic mass is 35.5. The number of rotatable bonds is 4. The zero-order valence-corrected chi connectivity index (χ0v) is 15.5. The smallest absolute Gasteiger partial charge is 0.0768 e. The lowest BCUT2D eigenvalue weighted by atomic mass is 9.93. The summed E-state index contributed by atoms with van der Waals surface area (Å²) in [6.45, 7) is 3.65. The van der Waals surface area contributed by atoms with Crippen molar-refractivity contribution in [3.05, 3.63) is 77.5 Å². The van der Waals surface area contributed by atoms with E-state index in [-0.39, 0.29) is 6.10 Å². The van der Waals surface area contributed by atoms with Crippen LogP contribution in [0.25, 0.3) is 11.3 Å². The number of hydrogen-bond donors (Lipinski definition) is 0. The van der Waals surface area contributed by atoms with Crippen LogP contribution in [-0.2, 0) is 11.3 Å². The zero-order chi connectivity index (χ0) is 17.8. The Morgan fingerprint density at radius 3 is 2.92 bits per heavy atom. The van der Waals surface area contributed by atoms with Gasteiger partial charge in [-0.25, -0.2) is 0 Å². The van der Waals surface area contributed by atoms with Gasteiger partial charge < -0.3 is 4.74 Å². The van der Waals surface area contributed by atoms with Crippen molar-refractivity contribution in [2.24, 2.45) is 5.92 Å². The molecule has 1 saturated heterocycles. The van der Waals surface area contributed by atoms with Crippen molar-refractivity contribution in [1.82, 2.24) is 9.88 Å². The molecule has 0 radical (unpaired) electrons. The molecule has 4 heteroatoms. The van der Waals surface area contributed by atoms with Gasteiger partial charge in [0, 0.05) is 42.3 Å². The highest BCUT2D eigenvalue weighted by Crippen LogP contribution is 2.24. The molecule has 0 saturated carbocycles. The molecule has 2 aliphatic rings. The molecule has 0 N–H and O–H groups in total. The summed E-state index contributed by atoms with van der Waals surface area (Å²) in [5.41, 5.74) is 3.23. The van der Waals surface area contributed by atoms with Crippen LogP contribution in [0.15, 0.2) is 66.9 Å². The number of ether oxygens (including phenoxy) is 1. The second-order valence-electron chi connectivity index (χ2n) is 6.92. The van der Waals surface area contributed by atoms with Crippen molar-refractivity contribution in [1.29, 1.82) is 0 Å². The topological polar surface area (TPSA) is 25.4 Å². The van der Waals surface area contributed by atoms with E-state index in [1.165, 1.54) is 5.56 Å². The molecule has 0 bridgehead atoms. The molecule has 134 valence electrons. The average molecular weight is 367 g/mol. The predicted molar refractivity (Wildman–Crippen MR) is 106 cm³/mol. The molecule has 0 spiro atoms. The van der Waals surface area contributed by atoms with Gasteiger partial charge in [0.05, 0.1) is 18.4 Å². The second kappa shape index (κ2) is 8.17. The molecule has 1 aliphatic carbocycles. The molecule has 3 nitrogen and oxygen atoms in total. The highest BCUT2D eigenvalue weighted by molar-refractivity contribution is 6.30. The molecular formula is C22H23ClN2O. The first-order valence-electron chi connectivity index (χ1n) is 9.16. The fraction of sp³-hybridized carbons (Fsp3) is 0.318. The van der Waals surface area contributed by atoms with Gasteiger partial charge in [0.1, 0.15) is 0 Å². The Labute approximate surface area is 160 Å². The maximum atomic E-state index is 6.08. The second-order valence-corrected chi connectivity index (χ2v) is 7.36. The van der Waals surface area contributed by atoms with Crippen molar-refractivity contribution in [2.75, 3.05) is 19.7 Å². The first kappa shape index (κ1) is 17.5.